The second kappa shape index (κ2) is 6.72. The zero-order chi connectivity index (χ0) is 16.4. The molecule has 0 fully saturated rings. The summed E-state index contributed by atoms with van der Waals surface area (Å²) in [5.74, 6) is 0. The van der Waals surface area contributed by atoms with E-state index < -0.39 is 0 Å². The first kappa shape index (κ1) is 16.0. The highest BCUT2D eigenvalue weighted by atomic mass is 28.2. The molecule has 0 amide bonds. The molecular formula is C22H24Si-. The average molecular weight is 317 g/mol. The monoisotopic (exact) mass is 316 g/mol. The van der Waals surface area contributed by atoms with Crippen LogP contribution in [0.1, 0.15) is 49.9 Å². The van der Waals surface area contributed by atoms with Gasteiger partial charge in [-0.25, -0.2) is 10.4 Å². The normalized spacial score (nSPS) is 14.4. The fourth-order valence-corrected chi connectivity index (χ4v) is 4.67. The number of aryl methyl sites for hydroxylation is 2. The minimum absolute atomic E-state index is 0.822. The molecule has 0 aliphatic carbocycles. The van der Waals surface area contributed by atoms with Gasteiger partial charge in [0, 0.05) is 0 Å². The molecule has 117 valence electrons. The molecule has 23 heavy (non-hydrogen) atoms. The van der Waals surface area contributed by atoms with Crippen molar-refractivity contribution in [3.8, 4) is 0 Å². The average Bonchev–Trinajstić information content (AvgIpc) is 2.89. The molecule has 0 aromatic heterocycles. The van der Waals surface area contributed by atoms with E-state index in [4.69, 9.17) is 0 Å². The lowest BCUT2D eigenvalue weighted by Crippen LogP contribution is -1.92. The Morgan fingerprint density at radius 1 is 0.609 bits per heavy atom. The summed E-state index contributed by atoms with van der Waals surface area (Å²) >= 11 is 0. The second-order valence-electron chi connectivity index (χ2n) is 6.23. The molecule has 1 radical (unpaired) electrons. The van der Waals surface area contributed by atoms with Gasteiger partial charge in [0.1, 0.15) is 0 Å². The highest BCUT2D eigenvalue weighted by Crippen LogP contribution is 2.40. The van der Waals surface area contributed by atoms with Crippen molar-refractivity contribution in [1.29, 1.82) is 0 Å². The summed E-state index contributed by atoms with van der Waals surface area (Å²) in [6.45, 7) is 9.00. The Hall–Kier alpha value is -1.86. The minimum atomic E-state index is 0.822. The Morgan fingerprint density at radius 3 is 1.26 bits per heavy atom. The van der Waals surface area contributed by atoms with E-state index in [-0.39, 0.29) is 0 Å². The van der Waals surface area contributed by atoms with Crippen LogP contribution in [0.3, 0.4) is 0 Å². The third-order valence-electron chi connectivity index (χ3n) is 4.68. The van der Waals surface area contributed by atoms with E-state index in [1.807, 2.05) is 0 Å². The lowest BCUT2D eigenvalue weighted by Gasteiger charge is -2.17. The van der Waals surface area contributed by atoms with Crippen LogP contribution in [-0.4, -0.2) is 9.52 Å². The predicted molar refractivity (Wildman–Crippen MR) is 103 cm³/mol. The number of hydrogen-bond acceptors (Lipinski definition) is 0. The van der Waals surface area contributed by atoms with Crippen LogP contribution < -0.4 is 0 Å². The lowest BCUT2D eigenvalue weighted by atomic mass is 9.91. The van der Waals surface area contributed by atoms with E-state index in [9.17, 15) is 0 Å². The van der Waals surface area contributed by atoms with Crippen LogP contribution >= 0.6 is 0 Å². The molecule has 1 aliphatic heterocycles. The van der Waals surface area contributed by atoms with Crippen LogP contribution in [0.5, 0.6) is 0 Å². The summed E-state index contributed by atoms with van der Waals surface area (Å²) in [5.41, 5.74) is 8.43. The van der Waals surface area contributed by atoms with Crippen molar-refractivity contribution in [2.45, 2.75) is 40.5 Å². The molecule has 0 atom stereocenters. The van der Waals surface area contributed by atoms with Crippen molar-refractivity contribution in [1.82, 2.24) is 0 Å². The van der Waals surface area contributed by atoms with Crippen molar-refractivity contribution in [3.63, 3.8) is 0 Å². The van der Waals surface area contributed by atoms with Crippen molar-refractivity contribution < 1.29 is 0 Å². The summed E-state index contributed by atoms with van der Waals surface area (Å²) in [7, 11) is 0.822. The van der Waals surface area contributed by atoms with E-state index in [1.165, 1.54) is 43.8 Å². The standard InChI is InChI=1S/C22H24Si/c1-5-17-7-11-19(12-8-17)21-15(3)23-16(4)22(21)20-13-9-18(6-2)10-14-20/h7-14H,5-6H2,1-4H3/q-1. The van der Waals surface area contributed by atoms with Crippen LogP contribution in [0.4, 0.5) is 0 Å². The third kappa shape index (κ3) is 3.11. The van der Waals surface area contributed by atoms with Crippen LogP contribution in [-0.2, 0) is 12.8 Å². The summed E-state index contributed by atoms with van der Waals surface area (Å²) in [4.78, 5) is 0. The van der Waals surface area contributed by atoms with E-state index >= 15 is 0 Å². The van der Waals surface area contributed by atoms with Crippen LogP contribution in [0.25, 0.3) is 11.1 Å². The molecular weight excluding hydrogens is 292 g/mol. The Balaban J connectivity index is 2.04. The zero-order valence-electron chi connectivity index (χ0n) is 14.5. The first-order valence-corrected chi connectivity index (χ1v) is 9.51. The molecule has 1 aliphatic rings. The topological polar surface area (TPSA) is 0 Å². The number of hydrogen-bond donors (Lipinski definition) is 0. The summed E-state index contributed by atoms with van der Waals surface area (Å²) in [6, 6.07) is 18.2. The van der Waals surface area contributed by atoms with Gasteiger partial charge in [-0.1, -0.05) is 87.4 Å². The Kier molecular flexibility index (Phi) is 4.68. The fraction of sp³-hybridized carbons (Fsp3) is 0.273. The van der Waals surface area contributed by atoms with Gasteiger partial charge < -0.3 is 9.52 Å². The Labute approximate surface area is 142 Å². The highest BCUT2D eigenvalue weighted by Gasteiger charge is 2.14. The van der Waals surface area contributed by atoms with E-state index in [1.54, 1.807) is 0 Å². The van der Waals surface area contributed by atoms with Crippen LogP contribution in [0, 0.1) is 0 Å². The predicted octanol–water partition coefficient (Wildman–Crippen LogP) is 5.69. The SMILES string of the molecule is CCc1ccc(C2=C(C)[Si-]C(C)=C2c2ccc(CC)cc2)cc1. The van der Waals surface area contributed by atoms with E-state index in [2.05, 4.69) is 76.2 Å². The first-order chi connectivity index (χ1) is 11.1. The minimum Gasteiger partial charge on any atom is -0.406 e. The highest BCUT2D eigenvalue weighted by molar-refractivity contribution is 6.62. The molecule has 0 saturated heterocycles. The zero-order valence-corrected chi connectivity index (χ0v) is 15.5. The Morgan fingerprint density at radius 2 is 0.957 bits per heavy atom. The molecule has 2 aromatic rings. The van der Waals surface area contributed by atoms with Crippen molar-refractivity contribution in [3.05, 3.63) is 81.2 Å². The molecule has 1 heterocycles. The number of rotatable bonds is 4. The maximum absolute atomic E-state index is 2.29. The molecule has 0 bridgehead atoms. The van der Waals surface area contributed by atoms with Gasteiger partial charge in [0.05, 0.1) is 0 Å². The molecule has 0 spiro atoms. The third-order valence-corrected chi connectivity index (χ3v) is 5.93. The maximum Gasteiger partial charge on any atom is -0.0209 e. The van der Waals surface area contributed by atoms with Gasteiger partial charge >= 0.3 is 0 Å². The van der Waals surface area contributed by atoms with Crippen LogP contribution in [0.15, 0.2) is 58.9 Å². The first-order valence-electron chi connectivity index (χ1n) is 8.51. The van der Waals surface area contributed by atoms with E-state index in [0.29, 0.717) is 0 Å². The molecule has 0 N–H and O–H groups in total. The van der Waals surface area contributed by atoms with Gasteiger partial charge in [-0.2, -0.15) is 0 Å². The molecule has 0 nitrogen and oxygen atoms in total. The largest absolute Gasteiger partial charge is 0.406 e. The quantitative estimate of drug-likeness (QED) is 0.635. The molecule has 2 aromatic carbocycles. The number of benzene rings is 2. The smallest absolute Gasteiger partial charge is 0.0209 e. The van der Waals surface area contributed by atoms with Gasteiger partial charge in [-0.05, 0) is 35.1 Å². The van der Waals surface area contributed by atoms with Gasteiger partial charge in [0.25, 0.3) is 0 Å². The molecule has 0 unspecified atom stereocenters. The summed E-state index contributed by atoms with van der Waals surface area (Å²) in [5, 5.41) is 3.03. The van der Waals surface area contributed by atoms with Gasteiger partial charge in [0.15, 0.2) is 0 Å². The fourth-order valence-electron chi connectivity index (χ4n) is 3.32. The van der Waals surface area contributed by atoms with Gasteiger partial charge in [-0.3, -0.25) is 0 Å². The maximum atomic E-state index is 2.29. The second-order valence-corrected chi connectivity index (χ2v) is 7.98. The van der Waals surface area contributed by atoms with Crippen molar-refractivity contribution in [2.24, 2.45) is 0 Å². The van der Waals surface area contributed by atoms with E-state index in [0.717, 1.165) is 22.4 Å². The van der Waals surface area contributed by atoms with Gasteiger partial charge in [-0.15, -0.1) is 0 Å². The number of allylic oxidation sites excluding steroid dienone is 4. The Bertz CT molecular complexity index is 691. The molecule has 1 heteroatoms. The van der Waals surface area contributed by atoms with Gasteiger partial charge in [0.2, 0.25) is 0 Å². The summed E-state index contributed by atoms with van der Waals surface area (Å²) < 4.78 is 0. The summed E-state index contributed by atoms with van der Waals surface area (Å²) in [6.07, 6.45) is 2.19. The molecule has 0 saturated carbocycles. The lowest BCUT2D eigenvalue weighted by molar-refractivity contribution is 1.14. The van der Waals surface area contributed by atoms with Crippen LogP contribution in [0.2, 0.25) is 0 Å². The van der Waals surface area contributed by atoms with Crippen molar-refractivity contribution >= 4 is 20.7 Å². The molecule has 3 rings (SSSR count). The van der Waals surface area contributed by atoms with Crippen molar-refractivity contribution in [2.75, 3.05) is 0 Å².